The molecule has 0 aliphatic heterocycles. The number of nitrogens with one attached hydrogen (secondary N) is 2. The van der Waals surface area contributed by atoms with Gasteiger partial charge in [0.1, 0.15) is 5.75 Å². The molecule has 25 heavy (non-hydrogen) atoms. The summed E-state index contributed by atoms with van der Waals surface area (Å²) in [6.07, 6.45) is 1.92. The van der Waals surface area contributed by atoms with Crippen molar-refractivity contribution in [2.75, 3.05) is 17.2 Å². The van der Waals surface area contributed by atoms with E-state index in [9.17, 15) is 4.79 Å². The van der Waals surface area contributed by atoms with Crippen LogP contribution in [0, 0.1) is 0 Å². The Bertz CT molecular complexity index is 689. The number of hydrogen-bond donors (Lipinski definition) is 2. The van der Waals surface area contributed by atoms with Crippen LogP contribution in [0.3, 0.4) is 0 Å². The van der Waals surface area contributed by atoms with Crippen LogP contribution in [0.2, 0.25) is 0 Å². The van der Waals surface area contributed by atoms with E-state index >= 15 is 0 Å². The number of aryl methyl sites for hydroxylation is 2. The van der Waals surface area contributed by atoms with Crippen LogP contribution < -0.4 is 15.4 Å². The number of amides is 1. The number of hydrogen-bond acceptors (Lipinski definition) is 3. The van der Waals surface area contributed by atoms with Crippen molar-refractivity contribution >= 4 is 17.3 Å². The van der Waals surface area contributed by atoms with E-state index in [1.54, 1.807) is 0 Å². The van der Waals surface area contributed by atoms with Crippen molar-refractivity contribution in [2.24, 2.45) is 0 Å². The summed E-state index contributed by atoms with van der Waals surface area (Å²) in [5.41, 5.74) is 4.24. The van der Waals surface area contributed by atoms with Crippen molar-refractivity contribution in [1.82, 2.24) is 0 Å². The Balaban J connectivity index is 2.05. The Kier molecular flexibility index (Phi) is 6.87. The minimum Gasteiger partial charge on any atom is -0.489 e. The lowest BCUT2D eigenvalue weighted by atomic mass is 10.0. The lowest BCUT2D eigenvalue weighted by Crippen LogP contribution is -2.23. The Labute approximate surface area is 150 Å². The van der Waals surface area contributed by atoms with E-state index in [1.165, 1.54) is 11.1 Å². The second kappa shape index (κ2) is 9.11. The van der Waals surface area contributed by atoms with Crippen LogP contribution in [0.4, 0.5) is 11.4 Å². The first-order valence-electron chi connectivity index (χ1n) is 8.95. The van der Waals surface area contributed by atoms with Gasteiger partial charge in [-0.25, -0.2) is 0 Å². The molecular formula is C21H28N2O2. The Morgan fingerprint density at radius 3 is 2.24 bits per heavy atom. The van der Waals surface area contributed by atoms with Gasteiger partial charge in [0.25, 0.3) is 0 Å². The zero-order valence-electron chi connectivity index (χ0n) is 15.6. The summed E-state index contributed by atoms with van der Waals surface area (Å²) in [6.45, 7) is 8.40. The molecule has 2 aromatic rings. The van der Waals surface area contributed by atoms with Gasteiger partial charge < -0.3 is 15.4 Å². The molecule has 0 aromatic heterocycles. The lowest BCUT2D eigenvalue weighted by Gasteiger charge is -2.17. The number of para-hydroxylation sites is 3. The second-order valence-electron chi connectivity index (χ2n) is 6.22. The van der Waals surface area contributed by atoms with E-state index in [4.69, 9.17) is 4.74 Å². The molecule has 0 fully saturated rings. The summed E-state index contributed by atoms with van der Waals surface area (Å²) in [5, 5.41) is 6.25. The molecule has 2 aromatic carbocycles. The van der Waals surface area contributed by atoms with Gasteiger partial charge >= 0.3 is 0 Å². The number of benzene rings is 2. The second-order valence-corrected chi connectivity index (χ2v) is 6.22. The van der Waals surface area contributed by atoms with Crippen LogP contribution >= 0.6 is 0 Å². The maximum Gasteiger partial charge on any atom is 0.243 e. The van der Waals surface area contributed by atoms with E-state index in [2.05, 4.69) is 42.7 Å². The van der Waals surface area contributed by atoms with Gasteiger partial charge in [-0.2, -0.15) is 0 Å². The molecule has 134 valence electrons. The first-order valence-corrected chi connectivity index (χ1v) is 8.95. The van der Waals surface area contributed by atoms with Crippen molar-refractivity contribution in [3.8, 4) is 5.75 Å². The highest BCUT2D eigenvalue weighted by Gasteiger charge is 2.11. The van der Waals surface area contributed by atoms with Crippen LogP contribution in [0.15, 0.2) is 42.5 Å². The standard InChI is InChI=1S/C21H28N2O2/c1-5-16-10-9-11-17(6-2)21(16)22-14-20(24)23-18-12-7-8-13-19(18)25-15(3)4/h7-13,15,22H,5-6,14H2,1-4H3,(H,23,24). The molecule has 0 aliphatic rings. The van der Waals surface area contributed by atoms with Crippen molar-refractivity contribution < 1.29 is 9.53 Å². The molecule has 0 bridgehead atoms. The molecule has 0 heterocycles. The zero-order valence-corrected chi connectivity index (χ0v) is 15.6. The van der Waals surface area contributed by atoms with Crippen LogP contribution in [0.25, 0.3) is 0 Å². The molecule has 0 unspecified atom stereocenters. The van der Waals surface area contributed by atoms with Crippen molar-refractivity contribution in [1.29, 1.82) is 0 Å². The molecule has 2 rings (SSSR count). The van der Waals surface area contributed by atoms with Gasteiger partial charge in [-0.3, -0.25) is 4.79 Å². The summed E-state index contributed by atoms with van der Waals surface area (Å²) in [4.78, 5) is 12.4. The molecule has 0 aliphatic carbocycles. The third-order valence-corrected chi connectivity index (χ3v) is 3.95. The fourth-order valence-corrected chi connectivity index (χ4v) is 2.76. The molecule has 4 heteroatoms. The first-order chi connectivity index (χ1) is 12.0. The predicted octanol–water partition coefficient (Wildman–Crippen LogP) is 4.65. The van der Waals surface area contributed by atoms with Gasteiger partial charge in [0, 0.05) is 5.69 Å². The summed E-state index contributed by atoms with van der Waals surface area (Å²) in [6, 6.07) is 13.8. The highest BCUT2D eigenvalue weighted by molar-refractivity contribution is 5.95. The SMILES string of the molecule is CCc1cccc(CC)c1NCC(=O)Nc1ccccc1OC(C)C. The third kappa shape index (κ3) is 5.24. The number of rotatable bonds is 8. The Morgan fingerprint density at radius 1 is 1.00 bits per heavy atom. The lowest BCUT2D eigenvalue weighted by molar-refractivity contribution is -0.114. The normalized spacial score (nSPS) is 10.6. The maximum absolute atomic E-state index is 12.4. The van der Waals surface area contributed by atoms with Gasteiger partial charge in [0.05, 0.1) is 18.3 Å². The third-order valence-electron chi connectivity index (χ3n) is 3.95. The molecular weight excluding hydrogens is 312 g/mol. The van der Waals surface area contributed by atoms with E-state index in [1.807, 2.05) is 38.1 Å². The molecule has 1 amide bonds. The number of ether oxygens (including phenoxy) is 1. The smallest absolute Gasteiger partial charge is 0.243 e. The van der Waals surface area contributed by atoms with Crippen molar-refractivity contribution in [3.05, 3.63) is 53.6 Å². The minimum atomic E-state index is -0.0900. The number of anilines is 2. The van der Waals surface area contributed by atoms with E-state index in [0.717, 1.165) is 18.5 Å². The molecule has 0 saturated carbocycles. The van der Waals surface area contributed by atoms with Gasteiger partial charge in [0.15, 0.2) is 0 Å². The molecule has 4 nitrogen and oxygen atoms in total. The average molecular weight is 340 g/mol. The minimum absolute atomic E-state index is 0.0553. The molecule has 0 atom stereocenters. The largest absolute Gasteiger partial charge is 0.489 e. The summed E-state index contributed by atoms with van der Waals surface area (Å²) < 4.78 is 5.75. The first kappa shape index (κ1) is 18.8. The van der Waals surface area contributed by atoms with Crippen molar-refractivity contribution in [3.63, 3.8) is 0 Å². The van der Waals surface area contributed by atoms with Gasteiger partial charge in [-0.1, -0.05) is 44.2 Å². The topological polar surface area (TPSA) is 50.4 Å². The van der Waals surface area contributed by atoms with E-state index < -0.39 is 0 Å². The summed E-state index contributed by atoms with van der Waals surface area (Å²) >= 11 is 0. The molecule has 0 radical (unpaired) electrons. The molecule has 0 spiro atoms. The Hall–Kier alpha value is -2.49. The number of carbonyl (C=O) groups excluding carboxylic acids is 1. The van der Waals surface area contributed by atoms with E-state index in [-0.39, 0.29) is 18.6 Å². The van der Waals surface area contributed by atoms with Gasteiger partial charge in [-0.05, 0) is 49.9 Å². The summed E-state index contributed by atoms with van der Waals surface area (Å²) in [5.74, 6) is 0.599. The highest BCUT2D eigenvalue weighted by Crippen LogP contribution is 2.25. The monoisotopic (exact) mass is 340 g/mol. The fourth-order valence-electron chi connectivity index (χ4n) is 2.76. The average Bonchev–Trinajstić information content (AvgIpc) is 2.60. The fraction of sp³-hybridized carbons (Fsp3) is 0.381. The quantitative estimate of drug-likeness (QED) is 0.735. The maximum atomic E-state index is 12.4. The predicted molar refractivity (Wildman–Crippen MR) is 105 cm³/mol. The van der Waals surface area contributed by atoms with Gasteiger partial charge in [0.2, 0.25) is 5.91 Å². The Morgan fingerprint density at radius 2 is 1.64 bits per heavy atom. The van der Waals surface area contributed by atoms with Crippen LogP contribution in [0.5, 0.6) is 5.75 Å². The highest BCUT2D eigenvalue weighted by atomic mass is 16.5. The zero-order chi connectivity index (χ0) is 18.2. The van der Waals surface area contributed by atoms with E-state index in [0.29, 0.717) is 11.4 Å². The van der Waals surface area contributed by atoms with Crippen LogP contribution in [-0.2, 0) is 17.6 Å². The van der Waals surface area contributed by atoms with Crippen LogP contribution in [0.1, 0.15) is 38.8 Å². The van der Waals surface area contributed by atoms with Crippen LogP contribution in [-0.4, -0.2) is 18.6 Å². The van der Waals surface area contributed by atoms with Gasteiger partial charge in [-0.15, -0.1) is 0 Å². The van der Waals surface area contributed by atoms with Crippen molar-refractivity contribution in [2.45, 2.75) is 46.6 Å². The number of carbonyl (C=O) groups is 1. The molecule has 2 N–H and O–H groups in total. The molecule has 0 saturated heterocycles. The summed E-state index contributed by atoms with van der Waals surface area (Å²) in [7, 11) is 0.